The monoisotopic (exact) mass is 326 g/mol. The van der Waals surface area contributed by atoms with E-state index in [-0.39, 0.29) is 12.6 Å². The van der Waals surface area contributed by atoms with Crippen molar-refractivity contribution in [2.45, 2.75) is 38.9 Å². The topological polar surface area (TPSA) is 71.2 Å². The molecule has 1 saturated heterocycles. The standard InChI is InChI=1S/C13H19FN6OS/c1-4-11-15-13(22-18-11)19(3)7-10-5-9(14)6-20(10)12-17-16-8(2)21-12/h9-10H,4-7H2,1-3H3/t9-,10-/m0/s1. The molecule has 3 heterocycles. The highest BCUT2D eigenvalue weighted by molar-refractivity contribution is 7.09. The van der Waals surface area contributed by atoms with Gasteiger partial charge < -0.3 is 14.2 Å². The minimum Gasteiger partial charge on any atom is -0.408 e. The van der Waals surface area contributed by atoms with Crippen LogP contribution >= 0.6 is 11.5 Å². The minimum absolute atomic E-state index is 0.0196. The molecule has 9 heteroatoms. The van der Waals surface area contributed by atoms with E-state index in [9.17, 15) is 4.39 Å². The van der Waals surface area contributed by atoms with Crippen molar-refractivity contribution < 1.29 is 8.81 Å². The molecule has 0 aliphatic carbocycles. The SMILES string of the molecule is CCc1nsc(N(C)C[C@@H]2C[C@H](F)CN2c2nnc(C)o2)n1. The second-order valence-corrected chi connectivity index (χ2v) is 6.20. The van der Waals surface area contributed by atoms with E-state index in [4.69, 9.17) is 4.42 Å². The summed E-state index contributed by atoms with van der Waals surface area (Å²) >= 11 is 1.37. The van der Waals surface area contributed by atoms with Crippen LogP contribution in [0.15, 0.2) is 4.42 Å². The van der Waals surface area contributed by atoms with E-state index in [0.29, 0.717) is 24.9 Å². The molecule has 0 spiro atoms. The predicted octanol–water partition coefficient (Wildman–Crippen LogP) is 1.85. The third-order valence-electron chi connectivity index (χ3n) is 3.71. The summed E-state index contributed by atoms with van der Waals surface area (Å²) in [5.74, 6) is 1.33. The van der Waals surface area contributed by atoms with Crippen molar-refractivity contribution in [2.75, 3.05) is 29.9 Å². The number of halogens is 1. The summed E-state index contributed by atoms with van der Waals surface area (Å²) in [6.45, 7) is 4.68. The number of aromatic nitrogens is 4. The van der Waals surface area contributed by atoms with Gasteiger partial charge in [0, 0.05) is 44.9 Å². The highest BCUT2D eigenvalue weighted by atomic mass is 32.1. The number of likely N-dealkylation sites (N-methyl/N-ethyl adjacent to an activating group) is 1. The van der Waals surface area contributed by atoms with Gasteiger partial charge in [0.15, 0.2) is 0 Å². The maximum atomic E-state index is 13.9. The summed E-state index contributed by atoms with van der Waals surface area (Å²) in [4.78, 5) is 8.32. The number of nitrogens with zero attached hydrogens (tertiary/aromatic N) is 6. The van der Waals surface area contributed by atoms with E-state index in [1.165, 1.54) is 11.5 Å². The van der Waals surface area contributed by atoms with Gasteiger partial charge in [0.2, 0.25) is 11.0 Å². The lowest BCUT2D eigenvalue weighted by Crippen LogP contribution is -2.39. The molecule has 22 heavy (non-hydrogen) atoms. The Balaban J connectivity index is 1.71. The van der Waals surface area contributed by atoms with E-state index >= 15 is 0 Å². The summed E-state index contributed by atoms with van der Waals surface area (Å²) in [6.07, 6.45) is 0.380. The van der Waals surface area contributed by atoms with Gasteiger partial charge in [0.1, 0.15) is 12.0 Å². The van der Waals surface area contributed by atoms with Crippen molar-refractivity contribution in [1.29, 1.82) is 0 Å². The average molecular weight is 326 g/mol. The highest BCUT2D eigenvalue weighted by Crippen LogP contribution is 2.28. The quantitative estimate of drug-likeness (QED) is 0.830. The summed E-state index contributed by atoms with van der Waals surface area (Å²) in [6, 6.07) is 0.372. The highest BCUT2D eigenvalue weighted by Gasteiger charge is 2.36. The van der Waals surface area contributed by atoms with E-state index in [1.54, 1.807) is 6.92 Å². The molecule has 2 aromatic rings. The Bertz CT molecular complexity index is 632. The molecule has 0 N–H and O–H groups in total. The summed E-state index contributed by atoms with van der Waals surface area (Å²) < 4.78 is 23.6. The lowest BCUT2D eigenvalue weighted by Gasteiger charge is -2.26. The van der Waals surface area contributed by atoms with Gasteiger partial charge in [-0.05, 0) is 0 Å². The zero-order valence-electron chi connectivity index (χ0n) is 12.9. The van der Waals surface area contributed by atoms with Crippen molar-refractivity contribution in [2.24, 2.45) is 0 Å². The number of hydrogen-bond donors (Lipinski definition) is 0. The van der Waals surface area contributed by atoms with Crippen LogP contribution in [0, 0.1) is 6.92 Å². The Morgan fingerprint density at radius 2 is 2.27 bits per heavy atom. The minimum atomic E-state index is -0.883. The zero-order valence-corrected chi connectivity index (χ0v) is 13.7. The molecule has 0 aromatic carbocycles. The van der Waals surface area contributed by atoms with Crippen LogP contribution < -0.4 is 9.80 Å². The van der Waals surface area contributed by atoms with E-state index in [1.807, 2.05) is 23.8 Å². The maximum absolute atomic E-state index is 13.9. The van der Waals surface area contributed by atoms with Crippen LogP contribution in [-0.2, 0) is 6.42 Å². The van der Waals surface area contributed by atoms with Crippen LogP contribution in [0.4, 0.5) is 15.5 Å². The van der Waals surface area contributed by atoms with Crippen molar-refractivity contribution >= 4 is 22.7 Å². The first-order valence-corrected chi connectivity index (χ1v) is 8.08. The molecule has 0 unspecified atom stereocenters. The Kier molecular flexibility index (Phi) is 4.23. The Labute approximate surface area is 132 Å². The van der Waals surface area contributed by atoms with Crippen LogP contribution in [-0.4, -0.2) is 51.9 Å². The van der Waals surface area contributed by atoms with Crippen LogP contribution in [0.1, 0.15) is 25.1 Å². The van der Waals surface area contributed by atoms with Crippen molar-refractivity contribution in [1.82, 2.24) is 19.6 Å². The van der Waals surface area contributed by atoms with Gasteiger partial charge >= 0.3 is 6.01 Å². The molecular weight excluding hydrogens is 307 g/mol. The fourth-order valence-electron chi connectivity index (χ4n) is 2.61. The first-order chi connectivity index (χ1) is 10.6. The molecule has 0 amide bonds. The number of rotatable bonds is 5. The summed E-state index contributed by atoms with van der Waals surface area (Å²) in [7, 11) is 1.95. The van der Waals surface area contributed by atoms with Gasteiger partial charge in [-0.15, -0.1) is 5.10 Å². The van der Waals surface area contributed by atoms with Crippen LogP contribution in [0.25, 0.3) is 0 Å². The van der Waals surface area contributed by atoms with Gasteiger partial charge in [0.25, 0.3) is 0 Å². The molecule has 3 rings (SSSR count). The maximum Gasteiger partial charge on any atom is 0.318 e. The number of hydrogen-bond acceptors (Lipinski definition) is 8. The molecule has 1 fully saturated rings. The molecular formula is C13H19FN6OS. The third kappa shape index (κ3) is 3.03. The Morgan fingerprint density at radius 3 is 2.91 bits per heavy atom. The zero-order chi connectivity index (χ0) is 15.7. The van der Waals surface area contributed by atoms with E-state index < -0.39 is 6.17 Å². The molecule has 0 saturated carbocycles. The molecule has 2 atom stereocenters. The third-order valence-corrected chi connectivity index (χ3v) is 4.58. The van der Waals surface area contributed by atoms with Crippen molar-refractivity contribution in [3.05, 3.63) is 11.7 Å². The van der Waals surface area contributed by atoms with Crippen LogP contribution in [0.2, 0.25) is 0 Å². The van der Waals surface area contributed by atoms with Crippen LogP contribution in [0.5, 0.6) is 0 Å². The first kappa shape index (κ1) is 15.1. The average Bonchev–Trinajstić information content (AvgIpc) is 3.18. The Morgan fingerprint density at radius 1 is 1.45 bits per heavy atom. The molecule has 1 aliphatic heterocycles. The summed E-state index contributed by atoms with van der Waals surface area (Å²) in [5, 5.41) is 8.68. The molecule has 2 aromatic heterocycles. The number of aryl methyl sites for hydroxylation is 2. The van der Waals surface area contributed by atoms with Gasteiger partial charge in [0.05, 0.1) is 12.6 Å². The number of anilines is 2. The summed E-state index contributed by atoms with van der Waals surface area (Å²) in [5.41, 5.74) is 0. The van der Waals surface area contributed by atoms with Crippen molar-refractivity contribution in [3.63, 3.8) is 0 Å². The largest absolute Gasteiger partial charge is 0.408 e. The lowest BCUT2D eigenvalue weighted by atomic mass is 10.2. The van der Waals surface area contributed by atoms with Gasteiger partial charge in [-0.25, -0.2) is 9.37 Å². The van der Waals surface area contributed by atoms with E-state index in [2.05, 4.69) is 19.6 Å². The van der Waals surface area contributed by atoms with Crippen molar-refractivity contribution in [3.8, 4) is 0 Å². The number of alkyl halides is 1. The van der Waals surface area contributed by atoms with Gasteiger partial charge in [-0.3, -0.25) is 0 Å². The van der Waals surface area contributed by atoms with Gasteiger partial charge in [-0.1, -0.05) is 12.0 Å². The Hall–Kier alpha value is -1.77. The van der Waals surface area contributed by atoms with Gasteiger partial charge in [-0.2, -0.15) is 4.37 Å². The van der Waals surface area contributed by atoms with Crippen LogP contribution in [0.3, 0.4) is 0 Å². The molecule has 7 nitrogen and oxygen atoms in total. The molecule has 120 valence electrons. The second kappa shape index (κ2) is 6.15. The first-order valence-electron chi connectivity index (χ1n) is 7.31. The molecule has 1 aliphatic rings. The molecule has 0 bridgehead atoms. The fraction of sp³-hybridized carbons (Fsp3) is 0.692. The second-order valence-electron chi connectivity index (χ2n) is 5.47. The lowest BCUT2D eigenvalue weighted by molar-refractivity contribution is 0.356. The normalized spacial score (nSPS) is 21.5. The predicted molar refractivity (Wildman–Crippen MR) is 82.2 cm³/mol. The molecule has 0 radical (unpaired) electrons. The van der Waals surface area contributed by atoms with E-state index in [0.717, 1.165) is 17.4 Å². The fourth-order valence-corrected chi connectivity index (χ4v) is 3.32. The smallest absolute Gasteiger partial charge is 0.318 e.